The Balaban J connectivity index is 1.55. The van der Waals surface area contributed by atoms with Crippen LogP contribution in [0.25, 0.3) is 0 Å². The first kappa shape index (κ1) is 15.4. The molecule has 3 nitrogen and oxygen atoms in total. The van der Waals surface area contributed by atoms with Crippen LogP contribution in [0.15, 0.2) is 24.3 Å². The lowest BCUT2D eigenvalue weighted by molar-refractivity contribution is -0.137. The molecule has 0 saturated heterocycles. The molecule has 22 heavy (non-hydrogen) atoms. The average Bonchev–Trinajstić information content (AvgIpc) is 3.07. The molecule has 2 saturated carbocycles. The normalized spacial score (nSPS) is 26.8. The summed E-state index contributed by atoms with van der Waals surface area (Å²) in [5.41, 5.74) is 4.48. The number of alkyl halides is 3. The number of anilines is 1. The van der Waals surface area contributed by atoms with Gasteiger partial charge in [0.15, 0.2) is 5.11 Å². The van der Waals surface area contributed by atoms with Crippen LogP contribution >= 0.6 is 12.2 Å². The second-order valence-electron chi connectivity index (χ2n) is 6.05. The van der Waals surface area contributed by atoms with Crippen LogP contribution in [0.3, 0.4) is 0 Å². The minimum atomic E-state index is -4.40. The molecule has 7 heteroatoms. The highest BCUT2D eigenvalue weighted by atomic mass is 32.1. The Hall–Kier alpha value is -1.50. The molecule has 0 radical (unpaired) electrons. The van der Waals surface area contributed by atoms with Gasteiger partial charge >= 0.3 is 6.18 Å². The number of hydrogen-bond donors (Lipinski definition) is 3. The summed E-state index contributed by atoms with van der Waals surface area (Å²) >= 11 is 5.18. The highest BCUT2D eigenvalue weighted by Gasteiger charge is 2.39. The fraction of sp³-hybridized carbons (Fsp3) is 0.533. The van der Waals surface area contributed by atoms with Gasteiger partial charge in [0, 0.05) is 6.04 Å². The number of hydrogen-bond acceptors (Lipinski definition) is 2. The lowest BCUT2D eigenvalue weighted by Crippen LogP contribution is -2.46. The number of thiocarbonyl (C=S) groups is 1. The SMILES string of the molecule is FC(F)(F)c1ccccc1NNC(=S)N[C@@H]1C[C@H]2CC[C@@H]1C2. The molecule has 1 aromatic rings. The van der Waals surface area contributed by atoms with Crippen molar-refractivity contribution in [3.63, 3.8) is 0 Å². The maximum Gasteiger partial charge on any atom is 0.418 e. The van der Waals surface area contributed by atoms with E-state index in [1.165, 1.54) is 31.4 Å². The summed E-state index contributed by atoms with van der Waals surface area (Å²) in [4.78, 5) is 0. The molecule has 3 rings (SSSR count). The summed E-state index contributed by atoms with van der Waals surface area (Å²) in [6.45, 7) is 0. The van der Waals surface area contributed by atoms with Crippen LogP contribution in [0.1, 0.15) is 31.2 Å². The van der Waals surface area contributed by atoms with E-state index in [0.717, 1.165) is 18.4 Å². The van der Waals surface area contributed by atoms with Crippen molar-refractivity contribution in [1.29, 1.82) is 0 Å². The van der Waals surface area contributed by atoms with Gasteiger partial charge in [0.2, 0.25) is 0 Å². The fourth-order valence-corrected chi connectivity index (χ4v) is 3.79. The standard InChI is InChI=1S/C15H18F3N3S/c16-15(17,18)11-3-1-2-4-12(11)20-21-14(22)19-13-8-9-5-6-10(13)7-9/h1-4,9-10,13,20H,5-8H2,(H2,19,21,22)/t9-,10+,13+/m0/s1. The molecule has 0 heterocycles. The quantitative estimate of drug-likeness (QED) is 0.584. The highest BCUT2D eigenvalue weighted by Crippen LogP contribution is 2.44. The summed E-state index contributed by atoms with van der Waals surface area (Å²) in [6.07, 6.45) is 0.455. The van der Waals surface area contributed by atoms with E-state index in [1.807, 2.05) is 0 Å². The topological polar surface area (TPSA) is 36.1 Å². The summed E-state index contributed by atoms with van der Waals surface area (Å²) in [6, 6.07) is 5.66. The van der Waals surface area contributed by atoms with Crippen molar-refractivity contribution >= 4 is 23.0 Å². The smallest absolute Gasteiger partial charge is 0.358 e. The Bertz CT molecular complexity index is 561. The van der Waals surface area contributed by atoms with Crippen molar-refractivity contribution in [2.45, 2.75) is 37.9 Å². The number of para-hydroxylation sites is 1. The Morgan fingerprint density at radius 2 is 1.91 bits per heavy atom. The zero-order chi connectivity index (χ0) is 15.7. The zero-order valence-electron chi connectivity index (χ0n) is 11.9. The fourth-order valence-electron chi connectivity index (χ4n) is 3.59. The lowest BCUT2D eigenvalue weighted by atomic mass is 9.96. The summed E-state index contributed by atoms with van der Waals surface area (Å²) < 4.78 is 38.7. The van der Waals surface area contributed by atoms with Crippen molar-refractivity contribution in [2.75, 3.05) is 5.43 Å². The van der Waals surface area contributed by atoms with Crippen molar-refractivity contribution in [3.8, 4) is 0 Å². The first-order valence-corrected chi connectivity index (χ1v) is 7.83. The highest BCUT2D eigenvalue weighted by molar-refractivity contribution is 7.80. The van der Waals surface area contributed by atoms with Crippen molar-refractivity contribution in [1.82, 2.24) is 10.7 Å². The van der Waals surface area contributed by atoms with Crippen LogP contribution in [0.4, 0.5) is 18.9 Å². The van der Waals surface area contributed by atoms with Gasteiger partial charge in [0.25, 0.3) is 0 Å². The second kappa shape index (κ2) is 5.95. The average molecular weight is 329 g/mol. The molecule has 2 fully saturated rings. The predicted molar refractivity (Wildman–Crippen MR) is 83.2 cm³/mol. The maximum absolute atomic E-state index is 12.9. The van der Waals surface area contributed by atoms with Gasteiger partial charge in [0.05, 0.1) is 11.3 Å². The molecule has 0 amide bonds. The minimum Gasteiger partial charge on any atom is -0.358 e. The van der Waals surface area contributed by atoms with Crippen LogP contribution in [0.5, 0.6) is 0 Å². The molecule has 2 bridgehead atoms. The van der Waals surface area contributed by atoms with Gasteiger partial charge in [-0.15, -0.1) is 0 Å². The molecule has 2 aliphatic rings. The van der Waals surface area contributed by atoms with E-state index in [1.54, 1.807) is 6.07 Å². The first-order chi connectivity index (χ1) is 10.4. The molecule has 3 atom stereocenters. The molecule has 0 unspecified atom stereocenters. The predicted octanol–water partition coefficient (Wildman–Crippen LogP) is 3.69. The van der Waals surface area contributed by atoms with E-state index in [2.05, 4.69) is 16.2 Å². The third-order valence-electron chi connectivity index (χ3n) is 4.60. The van der Waals surface area contributed by atoms with Crippen molar-refractivity contribution in [3.05, 3.63) is 29.8 Å². The Labute approximate surface area is 132 Å². The van der Waals surface area contributed by atoms with Gasteiger partial charge in [-0.1, -0.05) is 18.6 Å². The number of fused-ring (bicyclic) bond motifs is 2. The summed E-state index contributed by atoms with van der Waals surface area (Å²) in [7, 11) is 0. The summed E-state index contributed by atoms with van der Waals surface area (Å²) in [5.74, 6) is 1.43. The Morgan fingerprint density at radius 3 is 2.55 bits per heavy atom. The molecular weight excluding hydrogens is 311 g/mol. The third kappa shape index (κ3) is 3.29. The number of rotatable bonds is 3. The van der Waals surface area contributed by atoms with Gasteiger partial charge in [-0.3, -0.25) is 10.9 Å². The van der Waals surface area contributed by atoms with Gasteiger partial charge in [0.1, 0.15) is 0 Å². The molecular formula is C15H18F3N3S. The van der Waals surface area contributed by atoms with Crippen LogP contribution in [0.2, 0.25) is 0 Å². The Morgan fingerprint density at radius 1 is 1.14 bits per heavy atom. The first-order valence-electron chi connectivity index (χ1n) is 7.42. The van der Waals surface area contributed by atoms with Crippen molar-refractivity contribution < 1.29 is 13.2 Å². The van der Waals surface area contributed by atoms with Crippen LogP contribution in [0, 0.1) is 11.8 Å². The molecule has 120 valence electrons. The van der Waals surface area contributed by atoms with Crippen LogP contribution in [-0.4, -0.2) is 11.2 Å². The molecule has 1 aromatic carbocycles. The van der Waals surface area contributed by atoms with Crippen molar-refractivity contribution in [2.24, 2.45) is 11.8 Å². The van der Waals surface area contributed by atoms with E-state index in [-0.39, 0.29) is 5.69 Å². The number of hydrazine groups is 1. The molecule has 0 aromatic heterocycles. The molecule has 2 aliphatic carbocycles. The second-order valence-corrected chi connectivity index (χ2v) is 6.46. The van der Waals surface area contributed by atoms with Gasteiger partial charge in [-0.25, -0.2) is 0 Å². The van der Waals surface area contributed by atoms with Crippen LogP contribution in [-0.2, 0) is 6.18 Å². The van der Waals surface area contributed by atoms with E-state index < -0.39 is 11.7 Å². The maximum atomic E-state index is 12.9. The number of benzene rings is 1. The zero-order valence-corrected chi connectivity index (χ0v) is 12.7. The van der Waals surface area contributed by atoms with Gasteiger partial charge < -0.3 is 5.32 Å². The molecule has 3 N–H and O–H groups in total. The monoisotopic (exact) mass is 329 g/mol. The summed E-state index contributed by atoms with van der Waals surface area (Å²) in [5, 5.41) is 3.56. The molecule has 0 spiro atoms. The molecule has 0 aliphatic heterocycles. The largest absolute Gasteiger partial charge is 0.418 e. The Kier molecular flexibility index (Phi) is 4.16. The van der Waals surface area contributed by atoms with Crippen LogP contribution < -0.4 is 16.2 Å². The lowest BCUT2D eigenvalue weighted by Gasteiger charge is -2.25. The van der Waals surface area contributed by atoms with E-state index >= 15 is 0 Å². The van der Waals surface area contributed by atoms with E-state index in [0.29, 0.717) is 17.1 Å². The van der Waals surface area contributed by atoms with E-state index in [9.17, 15) is 13.2 Å². The van der Waals surface area contributed by atoms with E-state index in [4.69, 9.17) is 12.2 Å². The van der Waals surface area contributed by atoms with Gasteiger partial charge in [-0.05, 0) is 55.4 Å². The van der Waals surface area contributed by atoms with Gasteiger partial charge in [-0.2, -0.15) is 13.2 Å². The minimum absolute atomic E-state index is 0.0351. The third-order valence-corrected chi connectivity index (χ3v) is 4.82. The number of nitrogens with one attached hydrogen (secondary N) is 3. The number of halogens is 3.